The number of halogens is 1. The van der Waals surface area contributed by atoms with Gasteiger partial charge in [-0.25, -0.2) is 4.39 Å². The summed E-state index contributed by atoms with van der Waals surface area (Å²) in [4.78, 5) is 0. The molecular formula is C16H25FN2. The maximum absolute atomic E-state index is 13.0. The topological polar surface area (TPSA) is 24.1 Å². The molecule has 1 aromatic rings. The predicted molar refractivity (Wildman–Crippen MR) is 77.9 cm³/mol. The average molecular weight is 264 g/mol. The monoisotopic (exact) mass is 264 g/mol. The maximum atomic E-state index is 13.0. The maximum Gasteiger partial charge on any atom is 0.123 e. The van der Waals surface area contributed by atoms with Crippen LogP contribution in [0.3, 0.4) is 0 Å². The summed E-state index contributed by atoms with van der Waals surface area (Å²) >= 11 is 0. The van der Waals surface area contributed by atoms with Crippen molar-refractivity contribution in [1.82, 2.24) is 10.6 Å². The summed E-state index contributed by atoms with van der Waals surface area (Å²) in [5.41, 5.74) is 1.42. The Labute approximate surface area is 115 Å². The molecule has 19 heavy (non-hydrogen) atoms. The predicted octanol–water partition coefficient (Wildman–Crippen LogP) is 2.83. The molecule has 1 fully saturated rings. The summed E-state index contributed by atoms with van der Waals surface area (Å²) in [5, 5.41) is 7.15. The first-order valence-corrected chi connectivity index (χ1v) is 7.03. The van der Waals surface area contributed by atoms with E-state index in [1.54, 1.807) is 0 Å². The van der Waals surface area contributed by atoms with Gasteiger partial charge in [0.1, 0.15) is 5.82 Å². The Bertz CT molecular complexity index is 423. The van der Waals surface area contributed by atoms with Gasteiger partial charge in [-0.3, -0.25) is 0 Å². The molecule has 1 aromatic carbocycles. The Kier molecular flexibility index (Phi) is 3.98. The zero-order valence-electron chi connectivity index (χ0n) is 12.4. The lowest BCUT2D eigenvalue weighted by Gasteiger charge is -2.28. The third-order valence-corrected chi connectivity index (χ3v) is 4.04. The fourth-order valence-electron chi connectivity index (χ4n) is 2.71. The summed E-state index contributed by atoms with van der Waals surface area (Å²) in [7, 11) is 0. The molecular weight excluding hydrogens is 239 g/mol. The van der Waals surface area contributed by atoms with E-state index in [1.807, 2.05) is 12.1 Å². The molecule has 0 aliphatic carbocycles. The smallest absolute Gasteiger partial charge is 0.123 e. The molecule has 3 heteroatoms. The quantitative estimate of drug-likeness (QED) is 0.874. The van der Waals surface area contributed by atoms with Crippen LogP contribution in [0.2, 0.25) is 0 Å². The van der Waals surface area contributed by atoms with Crippen molar-refractivity contribution in [2.75, 3.05) is 13.1 Å². The first-order chi connectivity index (χ1) is 8.78. The molecule has 1 aliphatic heterocycles. The van der Waals surface area contributed by atoms with Gasteiger partial charge in [-0.15, -0.1) is 0 Å². The van der Waals surface area contributed by atoms with E-state index in [0.717, 1.165) is 19.5 Å². The highest BCUT2D eigenvalue weighted by Crippen LogP contribution is 2.24. The van der Waals surface area contributed by atoms with Crippen molar-refractivity contribution in [3.63, 3.8) is 0 Å². The van der Waals surface area contributed by atoms with Gasteiger partial charge in [0, 0.05) is 30.1 Å². The van der Waals surface area contributed by atoms with Crippen LogP contribution in [-0.4, -0.2) is 24.7 Å². The van der Waals surface area contributed by atoms with Crippen molar-refractivity contribution in [3.05, 3.63) is 35.6 Å². The number of benzene rings is 1. The third-order valence-electron chi connectivity index (χ3n) is 4.04. The molecule has 1 saturated heterocycles. The van der Waals surface area contributed by atoms with E-state index in [1.165, 1.54) is 17.7 Å². The number of nitrogens with one attached hydrogen (secondary N) is 2. The Hall–Kier alpha value is -0.930. The van der Waals surface area contributed by atoms with Crippen LogP contribution in [-0.2, 0) is 5.41 Å². The molecule has 1 unspecified atom stereocenters. The average Bonchev–Trinajstić information content (AvgIpc) is 2.67. The summed E-state index contributed by atoms with van der Waals surface area (Å²) in [6.45, 7) is 10.8. The minimum absolute atomic E-state index is 0.0143. The molecule has 2 N–H and O–H groups in total. The third kappa shape index (κ3) is 3.77. The van der Waals surface area contributed by atoms with E-state index in [0.29, 0.717) is 6.04 Å². The van der Waals surface area contributed by atoms with E-state index >= 15 is 0 Å². The van der Waals surface area contributed by atoms with Gasteiger partial charge >= 0.3 is 0 Å². The second-order valence-corrected chi connectivity index (χ2v) is 6.94. The molecule has 0 bridgehead atoms. The van der Waals surface area contributed by atoms with Gasteiger partial charge in [-0.2, -0.15) is 0 Å². The fourth-order valence-corrected chi connectivity index (χ4v) is 2.71. The minimum Gasteiger partial charge on any atom is -0.312 e. The van der Waals surface area contributed by atoms with E-state index < -0.39 is 0 Å². The zero-order valence-corrected chi connectivity index (χ0v) is 12.4. The van der Waals surface area contributed by atoms with E-state index in [2.05, 4.69) is 38.3 Å². The van der Waals surface area contributed by atoms with Crippen LogP contribution in [0.5, 0.6) is 0 Å². The molecule has 2 nitrogen and oxygen atoms in total. The standard InChI is InChI=1S/C16H25FN2/c1-15(2,12-5-7-13(17)8-6-12)11-18-14-9-16(3,4)19-10-14/h5-8,14,18-19H,9-11H2,1-4H3. The molecule has 0 saturated carbocycles. The molecule has 0 radical (unpaired) electrons. The molecule has 0 spiro atoms. The van der Waals surface area contributed by atoms with Gasteiger partial charge in [0.2, 0.25) is 0 Å². The van der Waals surface area contributed by atoms with Crippen LogP contribution in [0, 0.1) is 5.82 Å². The van der Waals surface area contributed by atoms with Crippen LogP contribution < -0.4 is 10.6 Å². The lowest BCUT2D eigenvalue weighted by atomic mass is 9.84. The number of hydrogen-bond acceptors (Lipinski definition) is 2. The van der Waals surface area contributed by atoms with Gasteiger partial charge in [0.05, 0.1) is 0 Å². The van der Waals surface area contributed by atoms with Gasteiger partial charge in [0.25, 0.3) is 0 Å². The van der Waals surface area contributed by atoms with E-state index in [-0.39, 0.29) is 16.8 Å². The molecule has 1 atom stereocenters. The molecule has 1 heterocycles. The van der Waals surface area contributed by atoms with Crippen LogP contribution in [0.25, 0.3) is 0 Å². The van der Waals surface area contributed by atoms with Crippen molar-refractivity contribution < 1.29 is 4.39 Å². The van der Waals surface area contributed by atoms with E-state index in [9.17, 15) is 4.39 Å². The summed E-state index contributed by atoms with van der Waals surface area (Å²) in [6, 6.07) is 7.37. The Morgan fingerprint density at radius 3 is 2.47 bits per heavy atom. The first kappa shape index (κ1) is 14.5. The Balaban J connectivity index is 1.93. The van der Waals surface area contributed by atoms with E-state index in [4.69, 9.17) is 0 Å². The van der Waals surface area contributed by atoms with Crippen molar-refractivity contribution in [3.8, 4) is 0 Å². The molecule has 2 rings (SSSR count). The highest BCUT2D eigenvalue weighted by Gasteiger charge is 2.31. The molecule has 0 aromatic heterocycles. The highest BCUT2D eigenvalue weighted by atomic mass is 19.1. The molecule has 1 aliphatic rings. The van der Waals surface area contributed by atoms with Crippen molar-refractivity contribution in [1.29, 1.82) is 0 Å². The summed E-state index contributed by atoms with van der Waals surface area (Å²) in [6.07, 6.45) is 1.15. The molecule has 0 amide bonds. The van der Waals surface area contributed by atoms with Crippen LogP contribution in [0.1, 0.15) is 39.7 Å². The normalized spacial score (nSPS) is 22.7. The van der Waals surface area contributed by atoms with Gasteiger partial charge in [0.15, 0.2) is 0 Å². The SMILES string of the molecule is CC1(C)CC(NCC(C)(C)c2ccc(F)cc2)CN1. The lowest BCUT2D eigenvalue weighted by Crippen LogP contribution is -2.40. The van der Waals surface area contributed by atoms with Crippen molar-refractivity contribution in [2.24, 2.45) is 0 Å². The first-order valence-electron chi connectivity index (χ1n) is 7.03. The second kappa shape index (κ2) is 5.22. The Morgan fingerprint density at radius 2 is 1.95 bits per heavy atom. The highest BCUT2D eigenvalue weighted by molar-refractivity contribution is 5.24. The molecule has 106 valence electrons. The van der Waals surface area contributed by atoms with Crippen LogP contribution in [0.15, 0.2) is 24.3 Å². The summed E-state index contributed by atoms with van der Waals surface area (Å²) in [5.74, 6) is -0.172. The largest absolute Gasteiger partial charge is 0.312 e. The summed E-state index contributed by atoms with van der Waals surface area (Å²) < 4.78 is 13.0. The van der Waals surface area contributed by atoms with Crippen LogP contribution >= 0.6 is 0 Å². The van der Waals surface area contributed by atoms with Gasteiger partial charge < -0.3 is 10.6 Å². The van der Waals surface area contributed by atoms with Gasteiger partial charge in [-0.1, -0.05) is 26.0 Å². The fraction of sp³-hybridized carbons (Fsp3) is 0.625. The Morgan fingerprint density at radius 1 is 1.32 bits per heavy atom. The van der Waals surface area contributed by atoms with Crippen molar-refractivity contribution in [2.45, 2.75) is 51.1 Å². The van der Waals surface area contributed by atoms with Crippen molar-refractivity contribution >= 4 is 0 Å². The van der Waals surface area contributed by atoms with Gasteiger partial charge in [-0.05, 0) is 38.0 Å². The minimum atomic E-state index is -0.172. The second-order valence-electron chi connectivity index (χ2n) is 6.94. The van der Waals surface area contributed by atoms with Crippen LogP contribution in [0.4, 0.5) is 4.39 Å². The zero-order chi connectivity index (χ0) is 14.1. The number of hydrogen-bond donors (Lipinski definition) is 2. The lowest BCUT2D eigenvalue weighted by molar-refractivity contribution is 0.407. The number of rotatable bonds is 4.